The maximum Gasteiger partial charge on any atom is 0.0605 e. The van der Waals surface area contributed by atoms with Crippen molar-refractivity contribution in [3.05, 3.63) is 0 Å². The summed E-state index contributed by atoms with van der Waals surface area (Å²) in [5.41, 5.74) is 0. The van der Waals surface area contributed by atoms with Gasteiger partial charge in [0.05, 0.1) is 18.6 Å². The van der Waals surface area contributed by atoms with Gasteiger partial charge in [0.15, 0.2) is 0 Å². The Morgan fingerprint density at radius 1 is 1.18 bits per heavy atom. The van der Waals surface area contributed by atoms with Crippen molar-refractivity contribution in [1.82, 2.24) is 14.7 Å². The maximum atomic E-state index is 6.03. The van der Waals surface area contributed by atoms with Crippen molar-refractivity contribution in [2.24, 2.45) is 0 Å². The summed E-state index contributed by atoms with van der Waals surface area (Å²) >= 11 is 6.08. The molecular formula is C14H29N3OS4. The average Bonchev–Trinajstić information content (AvgIpc) is 2.49. The summed E-state index contributed by atoms with van der Waals surface area (Å²) in [6.07, 6.45) is 5.05. The average molecular weight is 384 g/mol. The third-order valence-corrected chi connectivity index (χ3v) is 7.36. The van der Waals surface area contributed by atoms with Crippen LogP contribution in [0.3, 0.4) is 0 Å². The van der Waals surface area contributed by atoms with Gasteiger partial charge in [-0.25, -0.2) is 0 Å². The highest BCUT2D eigenvalue weighted by molar-refractivity contribution is 9.05. The lowest BCUT2D eigenvalue weighted by molar-refractivity contribution is -0.0487. The van der Waals surface area contributed by atoms with Gasteiger partial charge >= 0.3 is 0 Å². The highest BCUT2D eigenvalue weighted by atomic mass is 33.5. The van der Waals surface area contributed by atoms with E-state index in [2.05, 4.69) is 39.7 Å². The fraction of sp³-hybridized carbons (Fsp3) is 1.00. The molecular weight excluding hydrogens is 354 g/mol. The van der Waals surface area contributed by atoms with Gasteiger partial charge in [-0.05, 0) is 36.0 Å². The molecule has 2 fully saturated rings. The van der Waals surface area contributed by atoms with Crippen molar-refractivity contribution < 1.29 is 4.74 Å². The molecule has 130 valence electrons. The minimum Gasteiger partial charge on any atom is -0.377 e. The van der Waals surface area contributed by atoms with Gasteiger partial charge in [0.1, 0.15) is 0 Å². The first-order valence-corrected chi connectivity index (χ1v) is 12.7. The SMILES string of the molecule is CSCN1CCN(CCO[C@H]2C[C@H](N(C)CSSS)C2)CC1. The molecule has 0 N–H and O–H groups in total. The van der Waals surface area contributed by atoms with E-state index in [9.17, 15) is 0 Å². The number of nitrogens with zero attached hydrogens (tertiary/aromatic N) is 3. The molecule has 0 aromatic heterocycles. The summed E-state index contributed by atoms with van der Waals surface area (Å²) in [5, 5.41) is 0. The molecule has 1 aliphatic heterocycles. The van der Waals surface area contributed by atoms with E-state index in [1.165, 1.54) is 44.9 Å². The van der Waals surface area contributed by atoms with E-state index >= 15 is 0 Å². The van der Waals surface area contributed by atoms with Crippen molar-refractivity contribution in [2.75, 3.05) is 64.4 Å². The smallest absolute Gasteiger partial charge is 0.0605 e. The van der Waals surface area contributed by atoms with Gasteiger partial charge in [0.2, 0.25) is 0 Å². The van der Waals surface area contributed by atoms with Gasteiger partial charge in [-0.2, -0.15) is 0 Å². The zero-order chi connectivity index (χ0) is 15.8. The molecule has 2 aliphatic rings. The summed E-state index contributed by atoms with van der Waals surface area (Å²) in [7, 11) is 5.53. The van der Waals surface area contributed by atoms with Gasteiger partial charge in [0.25, 0.3) is 0 Å². The Morgan fingerprint density at radius 2 is 1.86 bits per heavy atom. The molecule has 4 nitrogen and oxygen atoms in total. The van der Waals surface area contributed by atoms with E-state index in [-0.39, 0.29) is 0 Å². The van der Waals surface area contributed by atoms with Crippen LogP contribution in [0, 0.1) is 0 Å². The highest BCUT2D eigenvalue weighted by Crippen LogP contribution is 2.31. The Hall–Kier alpha value is 1.24. The highest BCUT2D eigenvalue weighted by Gasteiger charge is 2.32. The molecule has 0 bridgehead atoms. The van der Waals surface area contributed by atoms with E-state index in [4.69, 9.17) is 4.74 Å². The van der Waals surface area contributed by atoms with Gasteiger partial charge in [-0.1, -0.05) is 22.5 Å². The summed E-state index contributed by atoms with van der Waals surface area (Å²) < 4.78 is 6.03. The van der Waals surface area contributed by atoms with Crippen LogP contribution >= 0.6 is 44.0 Å². The lowest BCUT2D eigenvalue weighted by Gasteiger charge is -2.41. The van der Waals surface area contributed by atoms with Crippen LogP contribution in [-0.4, -0.2) is 91.2 Å². The number of hydrogen-bond donors (Lipinski definition) is 1. The largest absolute Gasteiger partial charge is 0.377 e. The lowest BCUT2D eigenvalue weighted by Crippen LogP contribution is -2.48. The van der Waals surface area contributed by atoms with Gasteiger partial charge in [0, 0.05) is 44.6 Å². The first-order valence-electron chi connectivity index (χ1n) is 7.91. The van der Waals surface area contributed by atoms with E-state index in [1.807, 2.05) is 11.8 Å². The second kappa shape index (κ2) is 11.0. The predicted molar refractivity (Wildman–Crippen MR) is 106 cm³/mol. The number of thioether (sulfide) groups is 1. The van der Waals surface area contributed by atoms with Crippen molar-refractivity contribution >= 4 is 44.0 Å². The molecule has 0 unspecified atom stereocenters. The molecule has 1 saturated carbocycles. The van der Waals surface area contributed by atoms with E-state index < -0.39 is 0 Å². The molecule has 0 atom stereocenters. The number of hydrogen-bond acceptors (Lipinski definition) is 8. The van der Waals surface area contributed by atoms with Crippen molar-refractivity contribution in [2.45, 2.75) is 25.0 Å². The van der Waals surface area contributed by atoms with Crippen LogP contribution in [-0.2, 0) is 4.74 Å². The molecule has 0 amide bonds. The topological polar surface area (TPSA) is 19.0 Å². The Kier molecular flexibility index (Phi) is 9.76. The molecule has 22 heavy (non-hydrogen) atoms. The summed E-state index contributed by atoms with van der Waals surface area (Å²) in [6, 6.07) is 0.702. The second-order valence-electron chi connectivity index (χ2n) is 6.07. The van der Waals surface area contributed by atoms with Gasteiger partial charge < -0.3 is 4.74 Å². The van der Waals surface area contributed by atoms with Crippen LogP contribution < -0.4 is 0 Å². The molecule has 2 rings (SSSR count). The molecule has 8 heteroatoms. The fourth-order valence-electron chi connectivity index (χ4n) is 2.92. The van der Waals surface area contributed by atoms with Crippen molar-refractivity contribution in [3.63, 3.8) is 0 Å². The fourth-order valence-corrected chi connectivity index (χ4v) is 5.03. The third kappa shape index (κ3) is 6.63. The Balaban J connectivity index is 1.47. The van der Waals surface area contributed by atoms with Crippen LogP contribution in [0.15, 0.2) is 0 Å². The quantitative estimate of drug-likeness (QED) is 0.351. The lowest BCUT2D eigenvalue weighted by atomic mass is 9.88. The Bertz CT molecular complexity index is 300. The molecule has 1 heterocycles. The first-order chi connectivity index (χ1) is 10.7. The van der Waals surface area contributed by atoms with E-state index in [0.29, 0.717) is 12.1 Å². The minimum atomic E-state index is 0.485. The number of rotatable bonds is 10. The third-order valence-electron chi connectivity index (χ3n) is 4.54. The van der Waals surface area contributed by atoms with E-state index in [0.717, 1.165) is 19.0 Å². The number of ether oxygens (including phenoxy) is 1. The molecule has 0 aromatic rings. The molecule has 1 aliphatic carbocycles. The Morgan fingerprint density at radius 3 is 2.50 bits per heavy atom. The van der Waals surface area contributed by atoms with Crippen LogP contribution in [0.2, 0.25) is 0 Å². The normalized spacial score (nSPS) is 27.3. The molecule has 0 radical (unpaired) electrons. The summed E-state index contributed by atoms with van der Waals surface area (Å²) in [4.78, 5) is 7.49. The standard InChI is InChI=1S/C14H29N3OS4/c1-15(11-21-22-19)13-9-14(10-13)18-8-7-16-3-5-17(6-4-16)12-20-2/h13-14,19H,3-12H2,1-2H3/t13-,14-. The molecule has 1 saturated heterocycles. The zero-order valence-electron chi connectivity index (χ0n) is 13.6. The van der Waals surface area contributed by atoms with Crippen LogP contribution in [0.1, 0.15) is 12.8 Å². The van der Waals surface area contributed by atoms with E-state index in [1.54, 1.807) is 20.6 Å². The summed E-state index contributed by atoms with van der Waals surface area (Å²) in [5.74, 6) is 2.22. The minimum absolute atomic E-state index is 0.485. The zero-order valence-corrected chi connectivity index (χ0v) is 17.0. The van der Waals surface area contributed by atoms with Gasteiger partial charge in [-0.15, -0.1) is 11.8 Å². The maximum absolute atomic E-state index is 6.03. The first kappa shape index (κ1) is 19.6. The van der Waals surface area contributed by atoms with Crippen LogP contribution in [0.25, 0.3) is 0 Å². The van der Waals surface area contributed by atoms with Crippen molar-refractivity contribution in [1.29, 1.82) is 0 Å². The second-order valence-corrected chi connectivity index (χ2v) is 10.0. The number of piperazine rings is 1. The van der Waals surface area contributed by atoms with Crippen molar-refractivity contribution in [3.8, 4) is 0 Å². The number of thiol groups is 1. The van der Waals surface area contributed by atoms with Gasteiger partial charge in [-0.3, -0.25) is 14.7 Å². The van der Waals surface area contributed by atoms with Crippen LogP contribution in [0.5, 0.6) is 0 Å². The van der Waals surface area contributed by atoms with Crippen LogP contribution in [0.4, 0.5) is 0 Å². The summed E-state index contributed by atoms with van der Waals surface area (Å²) in [6.45, 7) is 6.79. The predicted octanol–water partition coefficient (Wildman–Crippen LogP) is 2.59. The Labute approximate surface area is 152 Å². The molecule has 0 spiro atoms. The molecule has 0 aromatic carbocycles. The monoisotopic (exact) mass is 383 g/mol.